The number of carbonyl (C=O) groups excluding carboxylic acids is 1. The number of carbonyl (C=O) groups is 1. The summed E-state index contributed by atoms with van der Waals surface area (Å²) in [5.41, 5.74) is 1.69. The molecule has 0 saturated heterocycles. The Morgan fingerprint density at radius 3 is 2.48 bits per heavy atom. The van der Waals surface area contributed by atoms with E-state index in [2.05, 4.69) is 20.9 Å². The van der Waals surface area contributed by atoms with E-state index < -0.39 is 5.97 Å². The van der Waals surface area contributed by atoms with Gasteiger partial charge in [-0.15, -0.1) is 0 Å². The summed E-state index contributed by atoms with van der Waals surface area (Å²) in [7, 11) is 1.28. The second kappa shape index (κ2) is 7.72. The summed E-state index contributed by atoms with van der Waals surface area (Å²) in [6.45, 7) is 0. The van der Waals surface area contributed by atoms with E-state index >= 15 is 0 Å². The zero-order valence-corrected chi connectivity index (χ0v) is 15.7. The van der Waals surface area contributed by atoms with Crippen molar-refractivity contribution < 1.29 is 14.6 Å². The quantitative estimate of drug-likeness (QED) is 0.695. The number of benzene rings is 2. The van der Waals surface area contributed by atoms with Crippen molar-refractivity contribution in [2.45, 2.75) is 0 Å². The highest BCUT2D eigenvalue weighted by atomic mass is 79.9. The Hall–Kier alpha value is -2.31. The summed E-state index contributed by atoms with van der Waals surface area (Å²) in [5, 5.41) is 10.9. The summed E-state index contributed by atoms with van der Waals surface area (Å²) in [4.78, 5) is 17.1. The highest BCUT2D eigenvalue weighted by Gasteiger charge is 2.32. The Balaban J connectivity index is 2.03. The molecule has 0 spiro atoms. The number of aliphatic hydroxyl groups excluding tert-OH is 1. The van der Waals surface area contributed by atoms with Gasteiger partial charge in [0.1, 0.15) is 16.4 Å². The molecular formula is C19H14BrNO3S. The van der Waals surface area contributed by atoms with E-state index in [1.54, 1.807) is 0 Å². The lowest BCUT2D eigenvalue weighted by atomic mass is 10.1. The standard InChI is InChI=1S/C19H14BrNO3S/c1-24-19(23)16-17(22)15(11-12-7-9-13(20)10-8-12)25-18(16)21-14-5-3-2-4-6-14/h2-11,22H,1H3/b15-11-,21-18?. The van der Waals surface area contributed by atoms with Gasteiger partial charge >= 0.3 is 5.97 Å². The van der Waals surface area contributed by atoms with Gasteiger partial charge in [0.25, 0.3) is 0 Å². The number of hydrogen-bond acceptors (Lipinski definition) is 5. The fraction of sp³-hybridized carbons (Fsp3) is 0.0526. The number of esters is 1. The van der Waals surface area contributed by atoms with Crippen molar-refractivity contribution in [3.05, 3.63) is 80.9 Å². The van der Waals surface area contributed by atoms with E-state index in [0.717, 1.165) is 10.0 Å². The Morgan fingerprint density at radius 1 is 1.16 bits per heavy atom. The van der Waals surface area contributed by atoms with E-state index in [1.165, 1.54) is 18.9 Å². The van der Waals surface area contributed by atoms with Crippen molar-refractivity contribution in [2.24, 2.45) is 4.99 Å². The van der Waals surface area contributed by atoms with Gasteiger partial charge in [0.15, 0.2) is 0 Å². The van der Waals surface area contributed by atoms with Crippen molar-refractivity contribution in [2.75, 3.05) is 7.11 Å². The van der Waals surface area contributed by atoms with E-state index in [1.807, 2.05) is 60.7 Å². The topological polar surface area (TPSA) is 58.9 Å². The molecule has 1 aliphatic rings. The van der Waals surface area contributed by atoms with Crippen molar-refractivity contribution in [1.29, 1.82) is 0 Å². The van der Waals surface area contributed by atoms with Crippen LogP contribution in [0.3, 0.4) is 0 Å². The molecule has 0 radical (unpaired) electrons. The SMILES string of the molecule is COC(=O)C1=C(O)/C(=C/c2ccc(Br)cc2)SC1=Nc1ccccc1. The molecule has 25 heavy (non-hydrogen) atoms. The number of aliphatic hydroxyl groups is 1. The monoisotopic (exact) mass is 415 g/mol. The molecule has 0 atom stereocenters. The second-order valence-electron chi connectivity index (χ2n) is 5.13. The fourth-order valence-corrected chi connectivity index (χ4v) is 3.52. The summed E-state index contributed by atoms with van der Waals surface area (Å²) >= 11 is 4.63. The Kier molecular flexibility index (Phi) is 5.40. The van der Waals surface area contributed by atoms with Crippen molar-refractivity contribution in [1.82, 2.24) is 0 Å². The first kappa shape index (κ1) is 17.5. The highest BCUT2D eigenvalue weighted by Crippen LogP contribution is 2.40. The number of halogens is 1. The van der Waals surface area contributed by atoms with Crippen LogP contribution < -0.4 is 0 Å². The molecule has 3 rings (SSSR count). The van der Waals surface area contributed by atoms with Crippen LogP contribution in [0.25, 0.3) is 6.08 Å². The van der Waals surface area contributed by atoms with Crippen LogP contribution in [0.1, 0.15) is 5.56 Å². The Morgan fingerprint density at radius 2 is 1.84 bits per heavy atom. The predicted molar refractivity (Wildman–Crippen MR) is 105 cm³/mol. The molecule has 0 fully saturated rings. The summed E-state index contributed by atoms with van der Waals surface area (Å²) < 4.78 is 5.77. The summed E-state index contributed by atoms with van der Waals surface area (Å²) in [6.07, 6.45) is 1.81. The van der Waals surface area contributed by atoms with Crippen molar-refractivity contribution >= 4 is 50.5 Å². The van der Waals surface area contributed by atoms with Crippen LogP contribution in [-0.4, -0.2) is 23.2 Å². The van der Waals surface area contributed by atoms with Crippen molar-refractivity contribution in [3.8, 4) is 0 Å². The average molecular weight is 416 g/mol. The zero-order chi connectivity index (χ0) is 17.8. The molecular weight excluding hydrogens is 402 g/mol. The van der Waals surface area contributed by atoms with Gasteiger partial charge < -0.3 is 9.84 Å². The largest absolute Gasteiger partial charge is 0.506 e. The molecule has 4 nitrogen and oxygen atoms in total. The molecule has 0 amide bonds. The molecule has 2 aromatic rings. The van der Waals surface area contributed by atoms with Gasteiger partial charge in [-0.2, -0.15) is 0 Å². The summed E-state index contributed by atoms with van der Waals surface area (Å²) in [5.74, 6) is -0.728. The highest BCUT2D eigenvalue weighted by molar-refractivity contribution is 9.10. The van der Waals surface area contributed by atoms with Crippen molar-refractivity contribution in [3.63, 3.8) is 0 Å². The Bertz CT molecular complexity index is 887. The van der Waals surface area contributed by atoms with E-state index in [0.29, 0.717) is 15.6 Å². The molecule has 6 heteroatoms. The molecule has 0 saturated carbocycles. The van der Waals surface area contributed by atoms with Gasteiger partial charge in [-0.1, -0.05) is 58.0 Å². The minimum absolute atomic E-state index is 0.0831. The molecule has 0 aliphatic carbocycles. The second-order valence-corrected chi connectivity index (χ2v) is 7.08. The van der Waals surface area contributed by atoms with Gasteiger partial charge in [-0.05, 0) is 35.9 Å². The molecule has 0 unspecified atom stereocenters. The molecule has 0 bridgehead atoms. The maximum absolute atomic E-state index is 12.1. The van der Waals surface area contributed by atoms with Crippen LogP contribution in [0, 0.1) is 0 Å². The smallest absolute Gasteiger partial charge is 0.344 e. The number of aliphatic imine (C=N–C) groups is 1. The summed E-state index contributed by atoms with van der Waals surface area (Å²) in [6, 6.07) is 16.9. The number of hydrogen-bond donors (Lipinski definition) is 1. The maximum atomic E-state index is 12.1. The molecule has 2 aromatic carbocycles. The number of thioether (sulfide) groups is 1. The first-order valence-corrected chi connectivity index (χ1v) is 9.00. The lowest BCUT2D eigenvalue weighted by molar-refractivity contribution is -0.135. The third-order valence-corrected chi connectivity index (χ3v) is 4.98. The lowest BCUT2D eigenvalue weighted by Crippen LogP contribution is -2.10. The van der Waals surface area contributed by atoms with Crippen LogP contribution in [0.5, 0.6) is 0 Å². The third kappa shape index (κ3) is 4.03. The van der Waals surface area contributed by atoms with Crippen LogP contribution in [-0.2, 0) is 9.53 Å². The minimum Gasteiger partial charge on any atom is -0.506 e. The number of rotatable bonds is 3. The molecule has 1 N–H and O–H groups in total. The zero-order valence-electron chi connectivity index (χ0n) is 13.3. The first-order valence-electron chi connectivity index (χ1n) is 7.39. The Labute approximate surface area is 158 Å². The van der Waals surface area contributed by atoms with E-state index in [9.17, 15) is 9.90 Å². The van der Waals surface area contributed by atoms with Gasteiger partial charge in [0.2, 0.25) is 0 Å². The predicted octanol–water partition coefficient (Wildman–Crippen LogP) is 5.25. The molecule has 126 valence electrons. The van der Waals surface area contributed by atoms with Gasteiger partial charge in [-0.3, -0.25) is 0 Å². The fourth-order valence-electron chi connectivity index (χ4n) is 2.22. The lowest BCUT2D eigenvalue weighted by Gasteiger charge is -2.01. The van der Waals surface area contributed by atoms with E-state index in [-0.39, 0.29) is 11.3 Å². The molecule has 0 aromatic heterocycles. The van der Waals surface area contributed by atoms with Crippen LogP contribution in [0.15, 0.2) is 80.3 Å². The minimum atomic E-state index is -0.612. The molecule has 1 heterocycles. The third-order valence-electron chi connectivity index (χ3n) is 3.43. The number of ether oxygens (including phenoxy) is 1. The first-order chi connectivity index (χ1) is 12.1. The van der Waals surface area contributed by atoms with Gasteiger partial charge in [0.05, 0.1) is 17.7 Å². The number of nitrogens with zero attached hydrogens (tertiary/aromatic N) is 1. The normalized spacial score (nSPS) is 17.4. The number of methoxy groups -OCH3 is 1. The van der Waals surface area contributed by atoms with Crippen LogP contribution >= 0.6 is 27.7 Å². The van der Waals surface area contributed by atoms with E-state index in [4.69, 9.17) is 4.74 Å². The van der Waals surface area contributed by atoms with Crippen LogP contribution in [0.2, 0.25) is 0 Å². The van der Waals surface area contributed by atoms with Crippen LogP contribution in [0.4, 0.5) is 5.69 Å². The van der Waals surface area contributed by atoms with Gasteiger partial charge in [0, 0.05) is 4.47 Å². The average Bonchev–Trinajstić information content (AvgIpc) is 2.92. The maximum Gasteiger partial charge on any atom is 0.344 e. The van der Waals surface area contributed by atoms with Gasteiger partial charge in [-0.25, -0.2) is 9.79 Å². The molecule has 1 aliphatic heterocycles. The number of para-hydroxylation sites is 1.